The molecule has 0 spiro atoms. The Morgan fingerprint density at radius 3 is 2.11 bits per heavy atom. The number of esters is 1. The predicted octanol–water partition coefficient (Wildman–Crippen LogP) is -0.352. The normalized spacial score (nSPS) is 13.8. The van der Waals surface area contributed by atoms with Crippen molar-refractivity contribution in [1.29, 1.82) is 0 Å². The highest BCUT2D eigenvalue weighted by atomic mass is 16.5. The van der Waals surface area contributed by atoms with Crippen molar-refractivity contribution in [3.8, 4) is 11.5 Å². The first-order valence-electron chi connectivity index (χ1n) is 11.8. The molecule has 0 saturated carbocycles. The Morgan fingerprint density at radius 1 is 0.921 bits per heavy atom. The van der Waals surface area contributed by atoms with Crippen molar-refractivity contribution in [1.82, 2.24) is 16.0 Å². The van der Waals surface area contributed by atoms with Crippen LogP contribution in [0.25, 0.3) is 0 Å². The molecule has 0 bridgehead atoms. The van der Waals surface area contributed by atoms with E-state index in [9.17, 15) is 34.5 Å². The van der Waals surface area contributed by atoms with E-state index in [0.717, 1.165) is 0 Å². The maximum Gasteiger partial charge on any atom is 0.308 e. The van der Waals surface area contributed by atoms with Gasteiger partial charge in [-0.25, -0.2) is 0 Å². The Hall–Kier alpha value is -4.16. The van der Waals surface area contributed by atoms with Crippen LogP contribution in [0.1, 0.15) is 29.3 Å². The number of carbonyl (C=O) groups excluding carboxylic acids is 4. The van der Waals surface area contributed by atoms with Gasteiger partial charge in [0.15, 0.2) is 0 Å². The van der Waals surface area contributed by atoms with Crippen LogP contribution in [-0.2, 0) is 25.5 Å². The fourth-order valence-electron chi connectivity index (χ4n) is 3.47. The molecule has 2 aromatic carbocycles. The lowest BCUT2D eigenvalue weighted by Gasteiger charge is -2.25. The van der Waals surface area contributed by atoms with E-state index >= 15 is 0 Å². The molecular formula is C26H33N3O9. The van der Waals surface area contributed by atoms with Gasteiger partial charge in [0, 0.05) is 5.56 Å². The third-order valence-electron chi connectivity index (χ3n) is 5.63. The summed E-state index contributed by atoms with van der Waals surface area (Å²) in [6.07, 6.45) is -2.84. The Balaban J connectivity index is 2.01. The number of aliphatic hydroxyl groups is 2. The number of rotatable bonds is 13. The molecular weight excluding hydrogens is 498 g/mol. The molecule has 6 N–H and O–H groups in total. The zero-order valence-corrected chi connectivity index (χ0v) is 21.3. The summed E-state index contributed by atoms with van der Waals surface area (Å²) in [5, 5.41) is 37.4. The van der Waals surface area contributed by atoms with Crippen molar-refractivity contribution in [2.45, 2.75) is 44.1 Å². The second-order valence-electron chi connectivity index (χ2n) is 8.53. The van der Waals surface area contributed by atoms with Gasteiger partial charge in [-0.05, 0) is 55.3 Å². The van der Waals surface area contributed by atoms with Crippen LogP contribution < -0.4 is 20.7 Å². The quantitative estimate of drug-likeness (QED) is 0.188. The van der Waals surface area contributed by atoms with Crippen LogP contribution in [0.4, 0.5) is 0 Å². The van der Waals surface area contributed by atoms with Gasteiger partial charge in [-0.2, -0.15) is 0 Å². The minimum absolute atomic E-state index is 0.0407. The van der Waals surface area contributed by atoms with Crippen molar-refractivity contribution >= 4 is 23.7 Å². The highest BCUT2D eigenvalue weighted by molar-refractivity contribution is 5.98. The predicted molar refractivity (Wildman–Crippen MR) is 135 cm³/mol. The Morgan fingerprint density at radius 2 is 1.55 bits per heavy atom. The first-order chi connectivity index (χ1) is 18.0. The number of benzene rings is 2. The number of nitrogens with one attached hydrogen (secondary N) is 3. The fraction of sp³-hybridized carbons (Fsp3) is 0.385. The van der Waals surface area contributed by atoms with Gasteiger partial charge >= 0.3 is 5.97 Å². The number of hydrogen-bond donors (Lipinski definition) is 6. The summed E-state index contributed by atoms with van der Waals surface area (Å²) < 4.78 is 9.62. The molecule has 0 aliphatic rings. The lowest BCUT2D eigenvalue weighted by molar-refractivity contribution is -0.143. The largest absolute Gasteiger partial charge is 0.508 e. The monoisotopic (exact) mass is 531 g/mol. The van der Waals surface area contributed by atoms with Crippen LogP contribution in [0.15, 0.2) is 48.5 Å². The molecule has 38 heavy (non-hydrogen) atoms. The summed E-state index contributed by atoms with van der Waals surface area (Å²) in [4.78, 5) is 49.4. The number of hydrogen-bond acceptors (Lipinski definition) is 9. The molecule has 0 aliphatic heterocycles. The molecule has 3 amide bonds. The Bertz CT molecular complexity index is 1090. The topological polar surface area (TPSA) is 184 Å². The number of aromatic hydroxyl groups is 1. The van der Waals surface area contributed by atoms with Crippen LogP contribution in [0.3, 0.4) is 0 Å². The zero-order valence-electron chi connectivity index (χ0n) is 21.3. The maximum atomic E-state index is 12.7. The molecule has 0 radical (unpaired) electrons. The highest BCUT2D eigenvalue weighted by Crippen LogP contribution is 2.14. The van der Waals surface area contributed by atoms with E-state index in [-0.39, 0.29) is 24.2 Å². The molecule has 12 heteroatoms. The third-order valence-corrected chi connectivity index (χ3v) is 5.63. The Kier molecular flexibility index (Phi) is 11.5. The van der Waals surface area contributed by atoms with Gasteiger partial charge in [-0.15, -0.1) is 0 Å². The number of ether oxygens (including phenoxy) is 2. The molecule has 0 saturated heterocycles. The van der Waals surface area contributed by atoms with E-state index in [1.807, 2.05) is 0 Å². The standard InChI is InChI=1S/C26H33N3O9/c1-15(30)24(29-25(35)17-6-10-19(37-2)11-7-17)26(36)27-14-22(33)28-20(21(32)13-23(34)38-3)12-16-4-8-18(31)9-5-16/h4-11,15,20-21,24,30-32H,12-14H2,1-3H3,(H,27,36)(H,28,33)(H,29,35)/t15-,20+,21+,24-/m1/s1. The third kappa shape index (κ3) is 9.37. The fourth-order valence-corrected chi connectivity index (χ4v) is 3.47. The van der Waals surface area contributed by atoms with Gasteiger partial charge in [-0.3, -0.25) is 19.2 Å². The van der Waals surface area contributed by atoms with Crippen molar-refractivity contribution in [3.63, 3.8) is 0 Å². The molecule has 0 aliphatic carbocycles. The molecule has 2 aromatic rings. The number of phenolic OH excluding ortho intramolecular Hbond substituents is 1. The maximum absolute atomic E-state index is 12.7. The second-order valence-corrected chi connectivity index (χ2v) is 8.53. The van der Waals surface area contributed by atoms with Crippen molar-refractivity contribution in [2.24, 2.45) is 0 Å². The van der Waals surface area contributed by atoms with Gasteiger partial charge in [0.1, 0.15) is 17.5 Å². The van der Waals surface area contributed by atoms with Gasteiger partial charge in [0.05, 0.1) is 45.4 Å². The second kappa shape index (κ2) is 14.5. The molecule has 0 unspecified atom stereocenters. The number of phenols is 1. The first kappa shape index (κ1) is 30.1. The SMILES string of the molecule is COC(=O)C[C@H](O)[C@H](Cc1ccc(O)cc1)NC(=O)CNC(=O)[C@H](NC(=O)c1ccc(OC)cc1)[C@@H](C)O. The average Bonchev–Trinajstić information content (AvgIpc) is 2.90. The molecule has 4 atom stereocenters. The number of amides is 3. The van der Waals surface area contributed by atoms with Gasteiger partial charge in [-0.1, -0.05) is 12.1 Å². The summed E-state index contributed by atoms with van der Waals surface area (Å²) >= 11 is 0. The lowest BCUT2D eigenvalue weighted by atomic mass is 9.99. The minimum atomic E-state index is -1.35. The molecule has 0 aromatic heterocycles. The summed E-state index contributed by atoms with van der Waals surface area (Å²) in [5.41, 5.74) is 0.898. The minimum Gasteiger partial charge on any atom is -0.508 e. The average molecular weight is 532 g/mol. The van der Waals surface area contributed by atoms with Crippen LogP contribution in [0, 0.1) is 0 Å². The van der Waals surface area contributed by atoms with E-state index in [1.54, 1.807) is 24.3 Å². The highest BCUT2D eigenvalue weighted by Gasteiger charge is 2.28. The van der Waals surface area contributed by atoms with Gasteiger partial charge in [0.2, 0.25) is 11.8 Å². The van der Waals surface area contributed by atoms with E-state index in [0.29, 0.717) is 11.3 Å². The van der Waals surface area contributed by atoms with Crippen LogP contribution >= 0.6 is 0 Å². The van der Waals surface area contributed by atoms with Crippen LogP contribution in [-0.4, -0.2) is 84.1 Å². The summed E-state index contributed by atoms with van der Waals surface area (Å²) in [6.45, 7) is 0.785. The zero-order chi connectivity index (χ0) is 28.2. The van der Waals surface area contributed by atoms with Crippen LogP contribution in [0.2, 0.25) is 0 Å². The van der Waals surface area contributed by atoms with Crippen molar-refractivity contribution in [3.05, 3.63) is 59.7 Å². The van der Waals surface area contributed by atoms with Gasteiger partial charge < -0.3 is 40.7 Å². The molecule has 2 rings (SSSR count). The van der Waals surface area contributed by atoms with E-state index in [4.69, 9.17) is 4.74 Å². The van der Waals surface area contributed by atoms with E-state index in [1.165, 1.54) is 45.4 Å². The Labute approximate surface area is 220 Å². The van der Waals surface area contributed by atoms with E-state index in [2.05, 4.69) is 20.7 Å². The molecule has 0 fully saturated rings. The van der Waals surface area contributed by atoms with Crippen molar-refractivity contribution < 1.29 is 44.0 Å². The number of carbonyl (C=O) groups is 4. The van der Waals surface area contributed by atoms with Crippen LogP contribution in [0.5, 0.6) is 11.5 Å². The molecule has 0 heterocycles. The van der Waals surface area contributed by atoms with Crippen molar-refractivity contribution in [2.75, 3.05) is 20.8 Å². The van der Waals surface area contributed by atoms with E-state index < -0.39 is 54.5 Å². The van der Waals surface area contributed by atoms with Gasteiger partial charge in [0.25, 0.3) is 5.91 Å². The summed E-state index contributed by atoms with van der Waals surface area (Å²) in [5.74, 6) is -2.20. The number of aliphatic hydroxyl groups excluding tert-OH is 2. The first-order valence-corrected chi connectivity index (χ1v) is 11.8. The molecule has 206 valence electrons. The smallest absolute Gasteiger partial charge is 0.308 e. The summed E-state index contributed by atoms with van der Waals surface area (Å²) in [7, 11) is 2.65. The number of methoxy groups -OCH3 is 2. The lowest BCUT2D eigenvalue weighted by Crippen LogP contribution is -2.55. The molecule has 12 nitrogen and oxygen atoms in total. The summed E-state index contributed by atoms with van der Waals surface area (Å²) in [6, 6.07) is 9.92.